The van der Waals surface area contributed by atoms with Crippen LogP contribution < -0.4 is 10.6 Å². The predicted octanol–water partition coefficient (Wildman–Crippen LogP) is 2.72. The van der Waals surface area contributed by atoms with Crippen molar-refractivity contribution in [2.45, 2.75) is 46.1 Å². The summed E-state index contributed by atoms with van der Waals surface area (Å²) in [4.78, 5) is 26.2. The van der Waals surface area contributed by atoms with Crippen LogP contribution in [0.25, 0.3) is 0 Å². The molecule has 1 saturated heterocycles. The number of aryl methyl sites for hydroxylation is 1. The van der Waals surface area contributed by atoms with Crippen molar-refractivity contribution < 1.29 is 9.53 Å². The number of thiazole rings is 1. The van der Waals surface area contributed by atoms with Crippen molar-refractivity contribution in [3.05, 3.63) is 16.1 Å². The van der Waals surface area contributed by atoms with E-state index in [-0.39, 0.29) is 30.1 Å². The zero-order chi connectivity index (χ0) is 21.3. The molecule has 10 heteroatoms. The molecule has 0 radical (unpaired) electrons. The number of nitrogens with zero attached hydrogens (tertiary/aromatic N) is 4. The number of amides is 1. The maximum atomic E-state index is 12.1. The van der Waals surface area contributed by atoms with Gasteiger partial charge in [-0.25, -0.2) is 9.78 Å². The Morgan fingerprint density at radius 2 is 1.90 bits per heavy atom. The van der Waals surface area contributed by atoms with Crippen LogP contribution in [0, 0.1) is 6.92 Å². The number of hydrogen-bond acceptors (Lipinski definition) is 6. The summed E-state index contributed by atoms with van der Waals surface area (Å²) in [5.74, 6) is 0.827. The lowest BCUT2D eigenvalue weighted by molar-refractivity contribution is 0.0145. The smallest absolute Gasteiger partial charge is 0.410 e. The van der Waals surface area contributed by atoms with Crippen LogP contribution in [0.1, 0.15) is 37.1 Å². The third-order valence-electron chi connectivity index (χ3n) is 4.49. The van der Waals surface area contributed by atoms with E-state index in [1.54, 1.807) is 23.3 Å². The molecule has 0 saturated carbocycles. The Hall–Kier alpha value is -1.14. The number of aliphatic imine (C=N–C) groups is 1. The van der Waals surface area contributed by atoms with Crippen molar-refractivity contribution in [2.24, 2.45) is 4.99 Å². The van der Waals surface area contributed by atoms with E-state index in [2.05, 4.69) is 32.4 Å². The molecule has 0 aliphatic carbocycles. The minimum Gasteiger partial charge on any atom is -0.444 e. The second-order valence-electron chi connectivity index (χ2n) is 8.20. The van der Waals surface area contributed by atoms with Gasteiger partial charge in [0.15, 0.2) is 5.96 Å². The molecule has 30 heavy (non-hydrogen) atoms. The summed E-state index contributed by atoms with van der Waals surface area (Å²) in [7, 11) is 1.79. The summed E-state index contributed by atoms with van der Waals surface area (Å²) in [6, 6.07) is 0. The molecule has 2 N–H and O–H groups in total. The van der Waals surface area contributed by atoms with Crippen LogP contribution in [0.15, 0.2) is 11.2 Å². The van der Waals surface area contributed by atoms with Crippen LogP contribution in [-0.2, 0) is 11.2 Å². The van der Waals surface area contributed by atoms with Gasteiger partial charge in [0.2, 0.25) is 0 Å². The summed E-state index contributed by atoms with van der Waals surface area (Å²) >= 11 is 1.74. The lowest BCUT2D eigenvalue weighted by Crippen LogP contribution is -2.50. The summed E-state index contributed by atoms with van der Waals surface area (Å²) in [6.07, 6.45) is 3.64. The van der Waals surface area contributed by atoms with Crippen molar-refractivity contribution in [3.63, 3.8) is 0 Å². The Balaban J connectivity index is 0.00000450. The Morgan fingerprint density at radius 1 is 1.23 bits per heavy atom. The van der Waals surface area contributed by atoms with Crippen molar-refractivity contribution >= 4 is 47.4 Å². The Kier molecular flexibility index (Phi) is 11.9. The van der Waals surface area contributed by atoms with E-state index < -0.39 is 5.60 Å². The van der Waals surface area contributed by atoms with Crippen LogP contribution in [0.3, 0.4) is 0 Å². The number of nitrogens with one attached hydrogen (secondary N) is 2. The van der Waals surface area contributed by atoms with Gasteiger partial charge in [0.25, 0.3) is 0 Å². The molecule has 2 rings (SSSR count). The van der Waals surface area contributed by atoms with Crippen LogP contribution in [-0.4, -0.2) is 85.3 Å². The molecule has 1 fully saturated rings. The van der Waals surface area contributed by atoms with Gasteiger partial charge >= 0.3 is 6.09 Å². The van der Waals surface area contributed by atoms with Crippen molar-refractivity contribution in [1.82, 2.24) is 25.4 Å². The molecule has 172 valence electrons. The average Bonchev–Trinajstić information content (AvgIpc) is 3.08. The van der Waals surface area contributed by atoms with Gasteiger partial charge in [-0.05, 0) is 40.7 Å². The fourth-order valence-corrected chi connectivity index (χ4v) is 3.80. The summed E-state index contributed by atoms with van der Waals surface area (Å²) < 4.78 is 5.45. The molecular formula is C20H37IN6O2S. The number of rotatable bonds is 7. The normalized spacial score (nSPS) is 15.5. The van der Waals surface area contributed by atoms with Crippen molar-refractivity contribution in [3.8, 4) is 0 Å². The fourth-order valence-electron chi connectivity index (χ4n) is 3.02. The van der Waals surface area contributed by atoms with Crippen LogP contribution >= 0.6 is 35.3 Å². The van der Waals surface area contributed by atoms with Crippen LogP contribution in [0.4, 0.5) is 4.79 Å². The zero-order valence-corrected chi connectivity index (χ0v) is 22.0. The molecule has 2 heterocycles. The predicted molar refractivity (Wildman–Crippen MR) is 134 cm³/mol. The van der Waals surface area contributed by atoms with Gasteiger partial charge < -0.3 is 20.3 Å². The number of piperazine rings is 1. The number of carbonyl (C=O) groups is 1. The van der Waals surface area contributed by atoms with Gasteiger partial charge in [-0.1, -0.05) is 0 Å². The topological polar surface area (TPSA) is 82.1 Å². The highest BCUT2D eigenvalue weighted by atomic mass is 127. The van der Waals surface area contributed by atoms with Crippen molar-refractivity contribution in [1.29, 1.82) is 0 Å². The highest BCUT2D eigenvalue weighted by Gasteiger charge is 2.25. The molecule has 1 aromatic rings. The maximum absolute atomic E-state index is 12.1. The van der Waals surface area contributed by atoms with Crippen LogP contribution in [0.5, 0.6) is 0 Å². The second kappa shape index (κ2) is 13.3. The number of aromatic nitrogens is 1. The third-order valence-corrected chi connectivity index (χ3v) is 5.46. The molecule has 1 aromatic heterocycles. The van der Waals surface area contributed by atoms with E-state index in [0.717, 1.165) is 69.6 Å². The number of ether oxygens (including phenoxy) is 1. The number of guanidine groups is 1. The van der Waals surface area contributed by atoms with E-state index in [0.29, 0.717) is 0 Å². The van der Waals surface area contributed by atoms with Gasteiger partial charge in [0.05, 0.1) is 5.01 Å². The molecule has 8 nitrogen and oxygen atoms in total. The molecular weight excluding hydrogens is 515 g/mol. The Labute approximate surface area is 201 Å². The summed E-state index contributed by atoms with van der Waals surface area (Å²) in [6.45, 7) is 13.7. The SMILES string of the molecule is CN=C(NCCCN1CCN(C(=O)OC(C)(C)C)CC1)NCCc1ncc(C)s1.I. The quantitative estimate of drug-likeness (QED) is 0.235. The fraction of sp³-hybridized carbons (Fsp3) is 0.750. The van der Waals surface area contributed by atoms with Crippen molar-refractivity contribution in [2.75, 3.05) is 52.9 Å². The van der Waals surface area contributed by atoms with Gasteiger partial charge in [-0.15, -0.1) is 35.3 Å². The van der Waals surface area contributed by atoms with Gasteiger partial charge in [-0.2, -0.15) is 0 Å². The standard InChI is InChI=1S/C20H36N6O2S.HI/c1-16-15-24-17(29-16)7-9-23-18(21-5)22-8-6-10-25-11-13-26(14-12-25)19(27)28-20(2,3)4;/h15H,6-14H2,1-5H3,(H2,21,22,23);1H. The lowest BCUT2D eigenvalue weighted by Gasteiger charge is -2.35. The highest BCUT2D eigenvalue weighted by Crippen LogP contribution is 2.12. The highest BCUT2D eigenvalue weighted by molar-refractivity contribution is 14.0. The van der Waals surface area contributed by atoms with Gasteiger partial charge in [0.1, 0.15) is 5.60 Å². The van der Waals surface area contributed by atoms with E-state index in [4.69, 9.17) is 4.74 Å². The zero-order valence-electron chi connectivity index (χ0n) is 18.9. The maximum Gasteiger partial charge on any atom is 0.410 e. The molecule has 0 atom stereocenters. The van der Waals surface area contributed by atoms with E-state index >= 15 is 0 Å². The third kappa shape index (κ3) is 10.3. The van der Waals surface area contributed by atoms with E-state index in [1.165, 1.54) is 4.88 Å². The first kappa shape index (κ1) is 26.9. The lowest BCUT2D eigenvalue weighted by atomic mass is 10.2. The number of halogens is 1. The number of carbonyl (C=O) groups excluding carboxylic acids is 1. The minimum absolute atomic E-state index is 0. The first-order chi connectivity index (χ1) is 13.8. The first-order valence-electron chi connectivity index (χ1n) is 10.3. The molecule has 0 unspecified atom stereocenters. The largest absolute Gasteiger partial charge is 0.444 e. The molecule has 1 aliphatic heterocycles. The second-order valence-corrected chi connectivity index (χ2v) is 9.52. The monoisotopic (exact) mass is 552 g/mol. The average molecular weight is 553 g/mol. The van der Waals surface area contributed by atoms with Gasteiger partial charge in [0, 0.05) is 63.8 Å². The minimum atomic E-state index is -0.439. The number of hydrogen-bond donors (Lipinski definition) is 2. The summed E-state index contributed by atoms with van der Waals surface area (Å²) in [5, 5.41) is 7.85. The molecule has 0 bridgehead atoms. The Bertz CT molecular complexity index is 668. The van der Waals surface area contributed by atoms with E-state index in [9.17, 15) is 4.79 Å². The molecule has 1 amide bonds. The first-order valence-corrected chi connectivity index (χ1v) is 11.1. The molecule has 0 aromatic carbocycles. The van der Waals surface area contributed by atoms with Crippen LogP contribution in [0.2, 0.25) is 0 Å². The van der Waals surface area contributed by atoms with Gasteiger partial charge in [-0.3, -0.25) is 9.89 Å². The molecule has 1 aliphatic rings. The Morgan fingerprint density at radius 3 is 2.47 bits per heavy atom. The molecule has 0 spiro atoms. The summed E-state index contributed by atoms with van der Waals surface area (Å²) in [5.41, 5.74) is -0.439. The van der Waals surface area contributed by atoms with E-state index in [1.807, 2.05) is 27.0 Å².